The highest BCUT2D eigenvalue weighted by Gasteiger charge is 2.07. The van der Waals surface area contributed by atoms with E-state index in [-0.39, 0.29) is 0 Å². The molecule has 0 saturated carbocycles. The summed E-state index contributed by atoms with van der Waals surface area (Å²) in [5.41, 5.74) is 1.13. The summed E-state index contributed by atoms with van der Waals surface area (Å²) in [5.74, 6) is 1.15. The number of rotatable bonds is 6. The van der Waals surface area contributed by atoms with Crippen molar-refractivity contribution in [2.75, 3.05) is 0 Å². The zero-order chi connectivity index (χ0) is 13.0. The van der Waals surface area contributed by atoms with Gasteiger partial charge in [-0.2, -0.15) is 0 Å². The van der Waals surface area contributed by atoms with Crippen LogP contribution in [0.15, 0.2) is 17.8 Å². The van der Waals surface area contributed by atoms with Crippen molar-refractivity contribution >= 4 is 11.3 Å². The summed E-state index contributed by atoms with van der Waals surface area (Å²) in [7, 11) is 0. The molecule has 0 aromatic carbocycles. The molecule has 0 aliphatic carbocycles. The predicted molar refractivity (Wildman–Crippen MR) is 74.8 cm³/mol. The van der Waals surface area contributed by atoms with Crippen molar-refractivity contribution in [2.24, 2.45) is 0 Å². The van der Waals surface area contributed by atoms with Crippen LogP contribution >= 0.6 is 11.3 Å². The van der Waals surface area contributed by atoms with Gasteiger partial charge < -0.3 is 9.88 Å². The summed E-state index contributed by atoms with van der Waals surface area (Å²) < 4.78 is 2.21. The normalized spacial score (nSPS) is 12.8. The standard InChI is InChI=1S/C13H20N4S/c1-4-13-14-5-6-17(13)8-10(2)15-7-12-9-18-11(3)16-12/h5-6,9-10,15H,4,7-8H2,1-3H3. The largest absolute Gasteiger partial charge is 0.333 e. The third-order valence-electron chi connectivity index (χ3n) is 2.89. The number of aryl methyl sites for hydroxylation is 2. The van der Waals surface area contributed by atoms with Gasteiger partial charge in [-0.15, -0.1) is 11.3 Å². The minimum atomic E-state index is 0.409. The van der Waals surface area contributed by atoms with Crippen molar-refractivity contribution in [3.8, 4) is 0 Å². The Labute approximate surface area is 112 Å². The molecule has 0 amide bonds. The lowest BCUT2D eigenvalue weighted by molar-refractivity contribution is 0.465. The Morgan fingerprint density at radius 3 is 3.00 bits per heavy atom. The van der Waals surface area contributed by atoms with Crippen LogP contribution in [0.1, 0.15) is 30.4 Å². The molecule has 0 fully saturated rings. The van der Waals surface area contributed by atoms with Crippen molar-refractivity contribution in [3.63, 3.8) is 0 Å². The van der Waals surface area contributed by atoms with E-state index < -0.39 is 0 Å². The Balaban J connectivity index is 1.83. The predicted octanol–water partition coefficient (Wildman–Crippen LogP) is 2.39. The lowest BCUT2D eigenvalue weighted by atomic mass is 10.3. The van der Waals surface area contributed by atoms with Crippen LogP contribution in [0.25, 0.3) is 0 Å². The second-order valence-electron chi connectivity index (χ2n) is 4.49. The average molecular weight is 264 g/mol. The maximum absolute atomic E-state index is 4.45. The topological polar surface area (TPSA) is 42.7 Å². The maximum atomic E-state index is 4.45. The van der Waals surface area contributed by atoms with Crippen LogP contribution in [0, 0.1) is 6.92 Å². The van der Waals surface area contributed by atoms with E-state index in [0.29, 0.717) is 6.04 Å². The highest BCUT2D eigenvalue weighted by atomic mass is 32.1. The Morgan fingerprint density at radius 2 is 2.33 bits per heavy atom. The van der Waals surface area contributed by atoms with Gasteiger partial charge in [0.2, 0.25) is 0 Å². The fourth-order valence-corrected chi connectivity index (χ4v) is 2.56. The summed E-state index contributed by atoms with van der Waals surface area (Å²) in [4.78, 5) is 8.78. The third kappa shape index (κ3) is 3.40. The summed E-state index contributed by atoms with van der Waals surface area (Å²) in [6.07, 6.45) is 4.89. The molecule has 0 radical (unpaired) electrons. The van der Waals surface area contributed by atoms with Gasteiger partial charge in [-0.05, 0) is 13.8 Å². The van der Waals surface area contributed by atoms with Crippen molar-refractivity contribution in [2.45, 2.75) is 46.3 Å². The van der Waals surface area contributed by atoms with Gasteiger partial charge in [-0.3, -0.25) is 0 Å². The fourth-order valence-electron chi connectivity index (χ4n) is 1.95. The summed E-state index contributed by atoms with van der Waals surface area (Å²) in [5, 5.41) is 6.74. The molecule has 2 aromatic rings. The molecule has 1 N–H and O–H groups in total. The van der Waals surface area contributed by atoms with Gasteiger partial charge in [0.05, 0.1) is 10.7 Å². The molecular weight excluding hydrogens is 244 g/mol. The van der Waals surface area contributed by atoms with Gasteiger partial charge in [0.25, 0.3) is 0 Å². The molecule has 1 unspecified atom stereocenters. The SMILES string of the molecule is CCc1nccn1CC(C)NCc1csc(C)n1. The number of hydrogen-bond acceptors (Lipinski definition) is 4. The molecule has 5 heteroatoms. The van der Waals surface area contributed by atoms with Gasteiger partial charge in [0.15, 0.2) is 0 Å². The molecule has 0 aliphatic rings. The van der Waals surface area contributed by atoms with Gasteiger partial charge in [0, 0.05) is 43.3 Å². The number of nitrogens with one attached hydrogen (secondary N) is 1. The molecule has 2 aromatic heterocycles. The molecule has 4 nitrogen and oxygen atoms in total. The molecule has 18 heavy (non-hydrogen) atoms. The summed E-state index contributed by atoms with van der Waals surface area (Å²) in [6, 6.07) is 0.409. The van der Waals surface area contributed by atoms with E-state index in [1.807, 2.05) is 19.3 Å². The molecular formula is C13H20N4S. The van der Waals surface area contributed by atoms with Crippen LogP contribution in [0.3, 0.4) is 0 Å². The number of aromatic nitrogens is 3. The van der Waals surface area contributed by atoms with Crippen LogP contribution in [-0.2, 0) is 19.5 Å². The third-order valence-corrected chi connectivity index (χ3v) is 3.71. The van der Waals surface area contributed by atoms with E-state index in [2.05, 4.69) is 39.1 Å². The molecule has 0 spiro atoms. The molecule has 0 saturated heterocycles. The summed E-state index contributed by atoms with van der Waals surface area (Å²) in [6.45, 7) is 8.15. The van der Waals surface area contributed by atoms with E-state index in [1.165, 1.54) is 0 Å². The zero-order valence-corrected chi connectivity index (χ0v) is 12.0. The Bertz CT molecular complexity index is 489. The first-order valence-corrected chi connectivity index (χ1v) is 7.21. The maximum Gasteiger partial charge on any atom is 0.108 e. The van der Waals surface area contributed by atoms with Gasteiger partial charge in [0.1, 0.15) is 5.82 Å². The number of hydrogen-bond donors (Lipinski definition) is 1. The highest BCUT2D eigenvalue weighted by molar-refractivity contribution is 7.09. The molecule has 98 valence electrons. The first kappa shape index (κ1) is 13.2. The van der Waals surface area contributed by atoms with Crippen LogP contribution in [0.4, 0.5) is 0 Å². The fraction of sp³-hybridized carbons (Fsp3) is 0.538. The van der Waals surface area contributed by atoms with Crippen LogP contribution in [0.2, 0.25) is 0 Å². The van der Waals surface area contributed by atoms with E-state index in [1.54, 1.807) is 11.3 Å². The first-order valence-electron chi connectivity index (χ1n) is 6.33. The van der Waals surface area contributed by atoms with Gasteiger partial charge in [-0.25, -0.2) is 9.97 Å². The van der Waals surface area contributed by atoms with Crippen molar-refractivity contribution in [1.29, 1.82) is 0 Å². The van der Waals surface area contributed by atoms with E-state index >= 15 is 0 Å². The van der Waals surface area contributed by atoms with Crippen LogP contribution in [-0.4, -0.2) is 20.6 Å². The zero-order valence-electron chi connectivity index (χ0n) is 11.2. The lowest BCUT2D eigenvalue weighted by Gasteiger charge is -2.15. The van der Waals surface area contributed by atoms with Crippen molar-refractivity contribution in [3.05, 3.63) is 34.3 Å². The molecule has 2 heterocycles. The Hall–Kier alpha value is -1.20. The lowest BCUT2D eigenvalue weighted by Crippen LogP contribution is -2.30. The molecule has 0 aliphatic heterocycles. The van der Waals surface area contributed by atoms with Crippen LogP contribution < -0.4 is 5.32 Å². The highest BCUT2D eigenvalue weighted by Crippen LogP contribution is 2.08. The number of imidazole rings is 1. The number of nitrogens with zero attached hydrogens (tertiary/aromatic N) is 3. The Morgan fingerprint density at radius 1 is 1.50 bits per heavy atom. The quantitative estimate of drug-likeness (QED) is 0.871. The second kappa shape index (κ2) is 6.11. The smallest absolute Gasteiger partial charge is 0.108 e. The molecule has 0 bridgehead atoms. The minimum Gasteiger partial charge on any atom is -0.333 e. The van der Waals surface area contributed by atoms with Crippen molar-refractivity contribution in [1.82, 2.24) is 19.9 Å². The second-order valence-corrected chi connectivity index (χ2v) is 5.55. The van der Waals surface area contributed by atoms with Gasteiger partial charge in [-0.1, -0.05) is 6.92 Å². The van der Waals surface area contributed by atoms with E-state index in [9.17, 15) is 0 Å². The van der Waals surface area contributed by atoms with Crippen molar-refractivity contribution < 1.29 is 0 Å². The molecule has 2 rings (SSSR count). The van der Waals surface area contributed by atoms with E-state index in [4.69, 9.17) is 0 Å². The average Bonchev–Trinajstić information content (AvgIpc) is 2.95. The number of thiazole rings is 1. The Kier molecular flexibility index (Phi) is 4.49. The van der Waals surface area contributed by atoms with Crippen LogP contribution in [0.5, 0.6) is 0 Å². The van der Waals surface area contributed by atoms with Gasteiger partial charge >= 0.3 is 0 Å². The minimum absolute atomic E-state index is 0.409. The molecule has 1 atom stereocenters. The van der Waals surface area contributed by atoms with E-state index in [0.717, 1.165) is 36.0 Å². The first-order chi connectivity index (χ1) is 8.69. The monoisotopic (exact) mass is 264 g/mol. The summed E-state index contributed by atoms with van der Waals surface area (Å²) >= 11 is 1.70.